The molecular weight excluding hydrogens is 803 g/mol. The van der Waals surface area contributed by atoms with E-state index in [4.69, 9.17) is 0 Å². The molecule has 13 heteroatoms. The second kappa shape index (κ2) is 41.6. The molecule has 0 atom stereocenters. The Morgan fingerprint density at radius 1 is 0.289 bits per heavy atom. The Morgan fingerprint density at radius 3 is 0.600 bits per heavy atom. The molecule has 0 fully saturated rings. The van der Waals surface area contributed by atoms with E-state index in [-0.39, 0.29) is 58.4 Å². The van der Waals surface area contributed by atoms with Crippen molar-refractivity contribution >= 4 is 33.6 Å². The SMILES string of the molecule is CCCCCCCCS(CCCCCCCC)=P([O-])([O-])[O-].CCCCCCCCS(CCCCCCCC)=P([O-])([O-])[O-].[Zn+2].[Zn+2].[Zn+2]. The molecule has 0 aliphatic rings. The van der Waals surface area contributed by atoms with Crippen molar-refractivity contribution in [3.63, 3.8) is 0 Å². The Morgan fingerprint density at radius 2 is 0.444 bits per heavy atom. The smallest absolute Gasteiger partial charge is 0.848 e. The molecule has 260 valence electrons. The Hall–Kier alpha value is 3.19. The van der Waals surface area contributed by atoms with Crippen LogP contribution >= 0.6 is 13.4 Å². The van der Waals surface area contributed by atoms with E-state index in [0.29, 0.717) is 23.0 Å². The molecule has 0 radical (unpaired) electrons. The average Bonchev–Trinajstić information content (AvgIpc) is 2.93. The minimum Gasteiger partial charge on any atom is -0.848 e. The molecule has 0 N–H and O–H groups in total. The standard InChI is InChI=1S/2C16H34O3PS.3Zn/c2*1-3-5-7-9-11-13-15-21(20(17,18)19)16-14-12-10-8-6-4-2;;;/h2*3-16H2,1-2H3;;;/q2*-3;3*+2. The number of hydrogen-bond acceptors (Lipinski definition) is 6. The molecule has 0 unspecified atom stereocenters. The minimum absolute atomic E-state index is 0. The van der Waals surface area contributed by atoms with E-state index in [0.717, 1.165) is 51.4 Å². The first-order chi connectivity index (χ1) is 20.0. The monoisotopic (exact) mass is 866 g/mol. The van der Waals surface area contributed by atoms with E-state index in [1.165, 1.54) is 103 Å². The van der Waals surface area contributed by atoms with Crippen LogP contribution in [-0.2, 0) is 78.6 Å². The predicted molar refractivity (Wildman–Crippen MR) is 182 cm³/mol. The Bertz CT molecular complexity index is 600. The minimum atomic E-state index is -4.37. The van der Waals surface area contributed by atoms with Gasteiger partial charge in [-0.25, -0.2) is 20.1 Å². The van der Waals surface area contributed by atoms with E-state index in [1.807, 2.05) is 0 Å². The fourth-order valence-electron chi connectivity index (χ4n) is 4.85. The van der Waals surface area contributed by atoms with Gasteiger partial charge < -0.3 is 42.8 Å². The largest absolute Gasteiger partial charge is 2.00 e. The summed E-state index contributed by atoms with van der Waals surface area (Å²) in [6, 6.07) is 0. The van der Waals surface area contributed by atoms with Crippen LogP contribution in [0.1, 0.15) is 182 Å². The summed E-state index contributed by atoms with van der Waals surface area (Å²) in [6.45, 7) is -0.00726. The van der Waals surface area contributed by atoms with Crippen LogP contribution in [0.3, 0.4) is 0 Å². The molecule has 45 heavy (non-hydrogen) atoms. The maximum Gasteiger partial charge on any atom is 2.00 e. The van der Waals surface area contributed by atoms with Crippen molar-refractivity contribution in [2.45, 2.75) is 182 Å². The van der Waals surface area contributed by atoms with E-state index in [1.54, 1.807) is 0 Å². The van der Waals surface area contributed by atoms with Crippen LogP contribution in [0.25, 0.3) is 0 Å². The molecule has 0 spiro atoms. The molecule has 0 rings (SSSR count). The predicted octanol–water partition coefficient (Wildman–Crippen LogP) is 6.16. The van der Waals surface area contributed by atoms with Crippen LogP contribution in [0.2, 0.25) is 0 Å². The second-order valence-corrected chi connectivity index (χ2v) is 22.8. The number of hydrogen-bond donors (Lipinski definition) is 0. The quantitative estimate of drug-likeness (QED) is 0.0525. The van der Waals surface area contributed by atoms with Crippen LogP contribution in [0.5, 0.6) is 0 Å². The molecule has 0 saturated carbocycles. The van der Waals surface area contributed by atoms with Gasteiger partial charge in [-0.05, 0) is 48.7 Å². The third-order valence-electron chi connectivity index (χ3n) is 7.57. The summed E-state index contributed by atoms with van der Waals surface area (Å²) < 4.78 is 0. The van der Waals surface area contributed by atoms with Crippen molar-refractivity contribution in [2.75, 3.05) is 23.0 Å². The molecule has 0 bridgehead atoms. The summed E-state index contributed by atoms with van der Waals surface area (Å²) >= 11 is 0. The van der Waals surface area contributed by atoms with Crippen molar-refractivity contribution in [2.24, 2.45) is 0 Å². The molecule has 0 aliphatic carbocycles. The van der Waals surface area contributed by atoms with Crippen molar-refractivity contribution in [3.8, 4) is 0 Å². The Balaban J connectivity index is -0.000000222. The molecule has 0 amide bonds. The zero-order valence-electron chi connectivity index (χ0n) is 30.1. The summed E-state index contributed by atoms with van der Waals surface area (Å²) in [6.07, 6.45) is 27.4. The first kappa shape index (κ1) is 57.5. The topological polar surface area (TPSA) is 138 Å². The molecule has 0 aromatic heterocycles. The first-order valence-electron chi connectivity index (χ1n) is 17.4. The molecular formula is C32H68O6P2S2Zn3. The van der Waals surface area contributed by atoms with Gasteiger partial charge in [0.2, 0.25) is 0 Å². The van der Waals surface area contributed by atoms with Gasteiger partial charge in [-0.2, -0.15) is 0 Å². The van der Waals surface area contributed by atoms with Gasteiger partial charge >= 0.3 is 58.4 Å². The molecule has 0 heterocycles. The van der Waals surface area contributed by atoms with E-state index in [9.17, 15) is 29.4 Å². The fraction of sp³-hybridized carbons (Fsp3) is 1.00. The van der Waals surface area contributed by atoms with Gasteiger partial charge in [-0.15, -0.1) is 0 Å². The van der Waals surface area contributed by atoms with Crippen LogP contribution in [0, 0.1) is 0 Å². The summed E-state index contributed by atoms with van der Waals surface area (Å²) in [5.74, 6) is 2.41. The normalized spacial score (nSPS) is 11.5. The van der Waals surface area contributed by atoms with Gasteiger partial charge in [-0.1, -0.05) is 156 Å². The molecule has 0 aromatic carbocycles. The van der Waals surface area contributed by atoms with E-state index >= 15 is 0 Å². The number of unbranched alkanes of at least 4 members (excludes halogenated alkanes) is 20. The van der Waals surface area contributed by atoms with Gasteiger partial charge in [0.15, 0.2) is 0 Å². The molecule has 0 saturated heterocycles. The van der Waals surface area contributed by atoms with Gasteiger partial charge in [0.05, 0.1) is 0 Å². The van der Waals surface area contributed by atoms with Gasteiger partial charge in [0.25, 0.3) is 0 Å². The second-order valence-electron chi connectivity index (χ2n) is 11.7. The van der Waals surface area contributed by atoms with Gasteiger partial charge in [0, 0.05) is 0 Å². The third-order valence-corrected chi connectivity index (χ3v) is 17.9. The Labute approximate surface area is 323 Å². The average molecular weight is 871 g/mol. The zero-order valence-corrected chi connectivity index (χ0v) is 42.4. The van der Waals surface area contributed by atoms with Crippen LogP contribution in [0.4, 0.5) is 0 Å². The summed E-state index contributed by atoms with van der Waals surface area (Å²) in [7, 11) is -1.82. The van der Waals surface area contributed by atoms with Crippen molar-refractivity contribution in [3.05, 3.63) is 0 Å². The fourth-order valence-corrected chi connectivity index (χ4v) is 12.5. The van der Waals surface area contributed by atoms with Crippen LogP contribution < -0.4 is 29.4 Å². The van der Waals surface area contributed by atoms with E-state index in [2.05, 4.69) is 27.7 Å². The molecule has 0 aromatic rings. The summed E-state index contributed by atoms with van der Waals surface area (Å²) in [4.78, 5) is 68.1. The zero-order chi connectivity index (χ0) is 32.0. The summed E-state index contributed by atoms with van der Waals surface area (Å²) in [5, 5.41) is 0. The molecule has 0 aliphatic heterocycles. The molecule has 6 nitrogen and oxygen atoms in total. The van der Waals surface area contributed by atoms with Crippen molar-refractivity contribution < 1.29 is 87.8 Å². The maximum absolute atomic E-state index is 11.3. The number of rotatable bonds is 28. The van der Waals surface area contributed by atoms with Gasteiger partial charge in [0.1, 0.15) is 0 Å². The van der Waals surface area contributed by atoms with Crippen molar-refractivity contribution in [1.29, 1.82) is 0 Å². The van der Waals surface area contributed by atoms with E-state index < -0.39 is 33.6 Å². The summed E-state index contributed by atoms with van der Waals surface area (Å²) in [5.41, 5.74) is 0. The van der Waals surface area contributed by atoms with Crippen LogP contribution in [-0.4, -0.2) is 23.0 Å². The van der Waals surface area contributed by atoms with Gasteiger partial charge in [-0.3, -0.25) is 0 Å². The first-order valence-corrected chi connectivity index (χ1v) is 24.9. The Kier molecular flexibility index (Phi) is 53.2. The third kappa shape index (κ3) is 43.3. The maximum atomic E-state index is 11.3. The van der Waals surface area contributed by atoms with Crippen LogP contribution in [0.15, 0.2) is 0 Å². The van der Waals surface area contributed by atoms with Crippen molar-refractivity contribution in [1.82, 2.24) is 0 Å².